The summed E-state index contributed by atoms with van der Waals surface area (Å²) in [5, 5.41) is 13.9. The van der Waals surface area contributed by atoms with Crippen molar-refractivity contribution in [2.45, 2.75) is 18.7 Å². The molecule has 37 heavy (non-hydrogen) atoms. The number of ether oxygens (including phenoxy) is 1. The molecule has 1 amide bonds. The number of hydrogen-bond donors (Lipinski definition) is 1. The van der Waals surface area contributed by atoms with Gasteiger partial charge in [-0.05, 0) is 48.9 Å². The predicted molar refractivity (Wildman–Crippen MR) is 138 cm³/mol. The number of non-ortho nitro benzene ring substituents is 1. The van der Waals surface area contributed by atoms with Gasteiger partial charge in [0.1, 0.15) is 11.7 Å². The number of amides is 1. The molecule has 3 atom stereocenters. The molecule has 2 aliphatic heterocycles. The molecule has 6 rings (SSSR count). The molecule has 1 N–H and O–H groups in total. The largest absolute Gasteiger partial charge is 0.465 e. The van der Waals surface area contributed by atoms with Crippen molar-refractivity contribution in [2.75, 3.05) is 5.32 Å². The first kappa shape index (κ1) is 22.9. The van der Waals surface area contributed by atoms with E-state index in [0.29, 0.717) is 26.3 Å². The lowest BCUT2D eigenvalue weighted by molar-refractivity contribution is -0.384. The van der Waals surface area contributed by atoms with E-state index in [9.17, 15) is 19.7 Å². The van der Waals surface area contributed by atoms with Crippen molar-refractivity contribution >= 4 is 34.7 Å². The van der Waals surface area contributed by atoms with E-state index in [2.05, 4.69) is 5.32 Å². The summed E-state index contributed by atoms with van der Waals surface area (Å²) in [5.41, 5.74) is 0.454. The van der Waals surface area contributed by atoms with E-state index in [0.717, 1.165) is 5.56 Å². The SMILES string of the molecule is C[C@@]12N=c3s/c(=C/c4ccc([N+](=O)[O-])cc4)c(=O)n3[C@@H](c3ccccc3O1)[C@@H]2C(=O)Nc1ccccc1. The molecule has 3 aromatic carbocycles. The van der Waals surface area contributed by atoms with Crippen LogP contribution in [0.3, 0.4) is 0 Å². The number of nitro groups is 1. The molecule has 10 heteroatoms. The molecule has 2 bridgehead atoms. The third-order valence-corrected chi connectivity index (χ3v) is 7.59. The van der Waals surface area contributed by atoms with Crippen molar-refractivity contribution in [3.05, 3.63) is 120 Å². The second kappa shape index (κ2) is 8.52. The summed E-state index contributed by atoms with van der Waals surface area (Å²) in [6.07, 6.45) is 1.68. The van der Waals surface area contributed by atoms with Gasteiger partial charge in [0.15, 0.2) is 4.80 Å². The lowest BCUT2D eigenvalue weighted by atomic mass is 9.80. The predicted octanol–water partition coefficient (Wildman–Crippen LogP) is 3.23. The fraction of sp³-hybridized carbons (Fsp3) is 0.148. The van der Waals surface area contributed by atoms with Gasteiger partial charge in [-0.3, -0.25) is 24.3 Å². The molecule has 0 saturated heterocycles. The van der Waals surface area contributed by atoms with Crippen molar-refractivity contribution in [1.82, 2.24) is 4.57 Å². The van der Waals surface area contributed by atoms with Gasteiger partial charge in [0, 0.05) is 23.4 Å². The monoisotopic (exact) mass is 512 g/mol. The number of hydrogen-bond acceptors (Lipinski definition) is 7. The Morgan fingerprint density at radius 2 is 1.81 bits per heavy atom. The van der Waals surface area contributed by atoms with Crippen LogP contribution in [0.15, 0.2) is 88.6 Å². The molecule has 0 radical (unpaired) electrons. The van der Waals surface area contributed by atoms with Gasteiger partial charge in [0.25, 0.3) is 11.2 Å². The minimum atomic E-state index is -1.24. The van der Waals surface area contributed by atoms with Gasteiger partial charge in [-0.2, -0.15) is 0 Å². The van der Waals surface area contributed by atoms with Crippen LogP contribution in [0.1, 0.15) is 24.1 Å². The summed E-state index contributed by atoms with van der Waals surface area (Å²) in [6.45, 7) is 1.76. The van der Waals surface area contributed by atoms with Crippen LogP contribution < -0.4 is 24.9 Å². The highest BCUT2D eigenvalue weighted by atomic mass is 32.1. The second-order valence-corrected chi connectivity index (χ2v) is 10.0. The van der Waals surface area contributed by atoms with Crippen LogP contribution in [0.25, 0.3) is 6.08 Å². The van der Waals surface area contributed by atoms with Crippen molar-refractivity contribution in [1.29, 1.82) is 0 Å². The minimum Gasteiger partial charge on any atom is -0.465 e. The van der Waals surface area contributed by atoms with Crippen LogP contribution in [0.4, 0.5) is 11.4 Å². The first-order chi connectivity index (χ1) is 17.8. The number of fused-ring (bicyclic) bond motifs is 6. The molecule has 0 fully saturated rings. The zero-order chi connectivity index (χ0) is 25.7. The Bertz CT molecular complexity index is 1730. The number of para-hydroxylation sites is 2. The first-order valence-corrected chi connectivity index (χ1v) is 12.4. The second-order valence-electron chi connectivity index (χ2n) is 9.00. The van der Waals surface area contributed by atoms with E-state index >= 15 is 0 Å². The molecular weight excluding hydrogens is 492 g/mol. The molecular formula is C27H20N4O5S. The number of anilines is 1. The number of carbonyl (C=O) groups excluding carboxylic acids is 1. The topological polar surface area (TPSA) is 116 Å². The Morgan fingerprint density at radius 1 is 1.11 bits per heavy atom. The number of nitrogens with zero attached hydrogens (tertiary/aromatic N) is 3. The maximum Gasteiger partial charge on any atom is 0.270 e. The Morgan fingerprint density at radius 3 is 2.54 bits per heavy atom. The third-order valence-electron chi connectivity index (χ3n) is 6.61. The van der Waals surface area contributed by atoms with Crippen molar-refractivity contribution in [3.63, 3.8) is 0 Å². The minimum absolute atomic E-state index is 0.0305. The molecule has 1 aromatic heterocycles. The molecule has 0 unspecified atom stereocenters. The number of carbonyl (C=O) groups is 1. The number of aromatic nitrogens is 1. The van der Waals surface area contributed by atoms with Crippen LogP contribution in [0.5, 0.6) is 5.75 Å². The van der Waals surface area contributed by atoms with Crippen LogP contribution in [-0.4, -0.2) is 21.1 Å². The van der Waals surface area contributed by atoms with Crippen LogP contribution >= 0.6 is 11.3 Å². The van der Waals surface area contributed by atoms with Gasteiger partial charge in [0.2, 0.25) is 11.6 Å². The molecule has 9 nitrogen and oxygen atoms in total. The first-order valence-electron chi connectivity index (χ1n) is 11.6. The maximum absolute atomic E-state index is 13.7. The number of nitro benzene ring substituents is 1. The smallest absolute Gasteiger partial charge is 0.270 e. The molecule has 3 heterocycles. The number of nitrogens with one attached hydrogen (secondary N) is 1. The van der Waals surface area contributed by atoms with Gasteiger partial charge in [0.05, 0.1) is 15.5 Å². The lowest BCUT2D eigenvalue weighted by Crippen LogP contribution is -2.59. The van der Waals surface area contributed by atoms with Crippen molar-refractivity contribution in [3.8, 4) is 5.75 Å². The highest BCUT2D eigenvalue weighted by Crippen LogP contribution is 2.47. The Kier molecular flexibility index (Phi) is 5.27. The Balaban J connectivity index is 1.51. The van der Waals surface area contributed by atoms with Crippen LogP contribution in [0.2, 0.25) is 0 Å². The molecule has 0 spiro atoms. The zero-order valence-electron chi connectivity index (χ0n) is 19.5. The average Bonchev–Trinajstić information content (AvgIpc) is 3.17. The van der Waals surface area contributed by atoms with Crippen LogP contribution in [0, 0.1) is 16.0 Å². The molecule has 2 aliphatic rings. The van der Waals surface area contributed by atoms with E-state index in [1.807, 2.05) is 42.5 Å². The summed E-state index contributed by atoms with van der Waals surface area (Å²) < 4.78 is 8.29. The normalized spacial score (nSPS) is 21.7. The summed E-state index contributed by atoms with van der Waals surface area (Å²) in [5.74, 6) is -0.539. The van der Waals surface area contributed by atoms with Crippen molar-refractivity contribution < 1.29 is 14.5 Å². The van der Waals surface area contributed by atoms with E-state index in [1.54, 1.807) is 41.8 Å². The molecule has 0 aliphatic carbocycles. The quantitative estimate of drug-likeness (QED) is 0.333. The van der Waals surface area contributed by atoms with Gasteiger partial charge in [-0.15, -0.1) is 0 Å². The van der Waals surface area contributed by atoms with Gasteiger partial charge < -0.3 is 10.1 Å². The van der Waals surface area contributed by atoms with Gasteiger partial charge in [-0.1, -0.05) is 47.7 Å². The van der Waals surface area contributed by atoms with E-state index < -0.39 is 22.6 Å². The highest BCUT2D eigenvalue weighted by molar-refractivity contribution is 7.07. The van der Waals surface area contributed by atoms with Crippen LogP contribution in [-0.2, 0) is 4.79 Å². The highest BCUT2D eigenvalue weighted by Gasteiger charge is 2.55. The third kappa shape index (κ3) is 3.82. The van der Waals surface area contributed by atoms with E-state index in [4.69, 9.17) is 9.73 Å². The number of rotatable bonds is 4. The molecule has 4 aromatic rings. The Hall–Kier alpha value is -4.57. The standard InChI is InChI=1S/C27H20N4O5S/c1-27-22(24(32)28-17-7-3-2-4-8-17)23(19-9-5-6-10-20(19)36-27)30-25(33)21(37-26(30)29-27)15-16-11-13-18(14-12-16)31(34)35/h2-15,22-23H,1H3,(H,28,32)/b21-15+/t22-,23+,27-/m1/s1. The summed E-state index contributed by atoms with van der Waals surface area (Å²) in [6, 6.07) is 21.8. The summed E-state index contributed by atoms with van der Waals surface area (Å²) >= 11 is 1.20. The molecule has 184 valence electrons. The Labute approximate surface area is 214 Å². The maximum atomic E-state index is 13.7. The van der Waals surface area contributed by atoms with Gasteiger partial charge in [-0.25, -0.2) is 4.99 Å². The molecule has 0 saturated carbocycles. The number of thiazole rings is 1. The fourth-order valence-corrected chi connectivity index (χ4v) is 6.03. The van der Waals surface area contributed by atoms with Crippen molar-refractivity contribution in [2.24, 2.45) is 10.9 Å². The zero-order valence-corrected chi connectivity index (χ0v) is 20.3. The summed E-state index contributed by atoms with van der Waals surface area (Å²) in [4.78, 5) is 43.2. The summed E-state index contributed by atoms with van der Waals surface area (Å²) in [7, 11) is 0. The van der Waals surface area contributed by atoms with E-state index in [-0.39, 0.29) is 17.2 Å². The fourth-order valence-electron chi connectivity index (χ4n) is 4.93. The van der Waals surface area contributed by atoms with E-state index in [1.165, 1.54) is 23.5 Å². The average molecular weight is 513 g/mol. The lowest BCUT2D eigenvalue weighted by Gasteiger charge is -2.45. The number of benzene rings is 3. The van der Waals surface area contributed by atoms with Gasteiger partial charge >= 0.3 is 0 Å².